The largest absolute Gasteiger partial charge is 0.480 e. The number of rotatable bonds is 3. The number of hydrogen-bond acceptors (Lipinski definition) is 6. The number of piperazine rings is 1. The van der Waals surface area contributed by atoms with Crippen molar-refractivity contribution in [3.05, 3.63) is 17.8 Å². The van der Waals surface area contributed by atoms with Gasteiger partial charge in [0.05, 0.1) is 26.1 Å². The molecule has 0 radical (unpaired) electrons. The number of carbonyl (C=O) groups is 1. The second-order valence-electron chi connectivity index (χ2n) is 5.47. The summed E-state index contributed by atoms with van der Waals surface area (Å²) in [5.41, 5.74) is 1.29. The monoisotopic (exact) mass is 279 g/mol. The SMILES string of the molecule is COC(=O)c1cc(N2CCNC(C)(C)C2)cnc1OC. The molecule has 1 aliphatic heterocycles. The fraction of sp³-hybridized carbons (Fsp3) is 0.571. The summed E-state index contributed by atoms with van der Waals surface area (Å²) in [4.78, 5) is 18.2. The highest BCUT2D eigenvalue weighted by Gasteiger charge is 2.27. The van der Waals surface area contributed by atoms with Gasteiger partial charge in [-0.15, -0.1) is 0 Å². The summed E-state index contributed by atoms with van der Waals surface area (Å²) in [5.74, 6) is -0.152. The standard InChI is InChI=1S/C14H21N3O3/c1-14(2)9-17(6-5-16-14)10-7-11(13(18)20-4)12(19-3)15-8-10/h7-8,16H,5-6,9H2,1-4H3. The number of hydrogen-bond donors (Lipinski definition) is 1. The van der Waals surface area contributed by atoms with Crippen LogP contribution in [-0.2, 0) is 4.74 Å². The van der Waals surface area contributed by atoms with Crippen molar-refractivity contribution < 1.29 is 14.3 Å². The van der Waals surface area contributed by atoms with E-state index in [1.54, 1.807) is 12.3 Å². The highest BCUT2D eigenvalue weighted by atomic mass is 16.5. The van der Waals surface area contributed by atoms with Gasteiger partial charge >= 0.3 is 5.97 Å². The van der Waals surface area contributed by atoms with E-state index in [0.29, 0.717) is 5.56 Å². The van der Waals surface area contributed by atoms with Gasteiger partial charge in [0.1, 0.15) is 5.56 Å². The van der Waals surface area contributed by atoms with Crippen molar-refractivity contribution in [3.8, 4) is 5.88 Å². The smallest absolute Gasteiger partial charge is 0.343 e. The van der Waals surface area contributed by atoms with E-state index in [2.05, 4.69) is 29.0 Å². The van der Waals surface area contributed by atoms with Crippen LogP contribution in [0, 0.1) is 0 Å². The Hall–Kier alpha value is -1.82. The zero-order valence-electron chi connectivity index (χ0n) is 12.4. The van der Waals surface area contributed by atoms with Crippen molar-refractivity contribution in [1.82, 2.24) is 10.3 Å². The minimum absolute atomic E-state index is 0.0314. The van der Waals surface area contributed by atoms with Crippen LogP contribution in [0.5, 0.6) is 5.88 Å². The molecule has 0 unspecified atom stereocenters. The molecule has 2 rings (SSSR count). The van der Waals surface area contributed by atoms with Crippen LogP contribution < -0.4 is 15.0 Å². The summed E-state index contributed by atoms with van der Waals surface area (Å²) in [6.45, 7) is 6.92. The molecule has 0 saturated carbocycles. The van der Waals surface area contributed by atoms with E-state index < -0.39 is 5.97 Å². The van der Waals surface area contributed by atoms with Crippen molar-refractivity contribution in [2.45, 2.75) is 19.4 Å². The number of carbonyl (C=O) groups excluding carboxylic acids is 1. The lowest BCUT2D eigenvalue weighted by molar-refractivity contribution is 0.0596. The Bertz CT molecular complexity index is 502. The van der Waals surface area contributed by atoms with Crippen molar-refractivity contribution in [2.75, 3.05) is 38.8 Å². The third-order valence-electron chi connectivity index (χ3n) is 3.37. The molecule has 110 valence electrons. The third-order valence-corrected chi connectivity index (χ3v) is 3.37. The molecule has 0 atom stereocenters. The highest BCUT2D eigenvalue weighted by molar-refractivity contribution is 5.92. The fourth-order valence-electron chi connectivity index (χ4n) is 2.39. The zero-order chi connectivity index (χ0) is 14.8. The van der Waals surface area contributed by atoms with Gasteiger partial charge in [0.25, 0.3) is 0 Å². The molecular formula is C14H21N3O3. The molecule has 0 spiro atoms. The van der Waals surface area contributed by atoms with Crippen LogP contribution in [0.15, 0.2) is 12.3 Å². The summed E-state index contributed by atoms with van der Waals surface area (Å²) < 4.78 is 9.88. The predicted octanol–water partition coefficient (Wildman–Crippen LogP) is 1.06. The molecule has 0 bridgehead atoms. The van der Waals surface area contributed by atoms with Crippen LogP contribution in [0.25, 0.3) is 0 Å². The van der Waals surface area contributed by atoms with Gasteiger partial charge in [0.15, 0.2) is 0 Å². The third kappa shape index (κ3) is 3.01. The first-order valence-corrected chi connectivity index (χ1v) is 6.59. The van der Waals surface area contributed by atoms with Gasteiger partial charge in [0, 0.05) is 25.2 Å². The molecule has 1 N–H and O–H groups in total. The van der Waals surface area contributed by atoms with Crippen LogP contribution in [0.3, 0.4) is 0 Å². The summed E-state index contributed by atoms with van der Waals surface area (Å²) in [6, 6.07) is 1.78. The van der Waals surface area contributed by atoms with Gasteiger partial charge in [-0.05, 0) is 19.9 Å². The van der Waals surface area contributed by atoms with E-state index >= 15 is 0 Å². The van der Waals surface area contributed by atoms with E-state index in [0.717, 1.165) is 25.3 Å². The molecule has 2 heterocycles. The van der Waals surface area contributed by atoms with Crippen LogP contribution >= 0.6 is 0 Å². The summed E-state index contributed by atoms with van der Waals surface area (Å²) in [7, 11) is 2.84. The molecule has 20 heavy (non-hydrogen) atoms. The van der Waals surface area contributed by atoms with E-state index in [1.807, 2.05) is 0 Å². The second kappa shape index (κ2) is 5.66. The molecule has 6 nitrogen and oxygen atoms in total. The maximum Gasteiger partial charge on any atom is 0.343 e. The van der Waals surface area contributed by atoms with Gasteiger partial charge in [-0.2, -0.15) is 0 Å². The Labute approximate surface area is 119 Å². The molecule has 6 heteroatoms. The van der Waals surface area contributed by atoms with Gasteiger partial charge in [-0.25, -0.2) is 9.78 Å². The quantitative estimate of drug-likeness (QED) is 0.835. The second-order valence-corrected chi connectivity index (χ2v) is 5.47. The number of methoxy groups -OCH3 is 2. The predicted molar refractivity (Wildman–Crippen MR) is 76.4 cm³/mol. The Morgan fingerprint density at radius 2 is 2.20 bits per heavy atom. The zero-order valence-corrected chi connectivity index (χ0v) is 12.4. The molecule has 1 aliphatic rings. The van der Waals surface area contributed by atoms with Gasteiger partial charge in [-0.1, -0.05) is 0 Å². The fourth-order valence-corrected chi connectivity index (χ4v) is 2.39. The van der Waals surface area contributed by atoms with E-state index in [-0.39, 0.29) is 11.4 Å². The normalized spacial score (nSPS) is 17.7. The maximum atomic E-state index is 11.8. The minimum Gasteiger partial charge on any atom is -0.480 e. The number of nitrogens with one attached hydrogen (secondary N) is 1. The highest BCUT2D eigenvalue weighted by Crippen LogP contribution is 2.25. The first-order chi connectivity index (χ1) is 9.46. The first-order valence-electron chi connectivity index (χ1n) is 6.59. The molecule has 1 saturated heterocycles. The number of anilines is 1. The van der Waals surface area contributed by atoms with Gasteiger partial charge in [-0.3, -0.25) is 0 Å². The first kappa shape index (κ1) is 14.6. The summed E-state index contributed by atoms with van der Waals surface area (Å²) in [6.07, 6.45) is 1.73. The van der Waals surface area contributed by atoms with Gasteiger partial charge in [0.2, 0.25) is 5.88 Å². The summed E-state index contributed by atoms with van der Waals surface area (Å²) >= 11 is 0. The van der Waals surface area contributed by atoms with Crippen molar-refractivity contribution in [1.29, 1.82) is 0 Å². The number of ether oxygens (including phenoxy) is 2. The Morgan fingerprint density at radius 3 is 2.80 bits per heavy atom. The Morgan fingerprint density at radius 1 is 1.45 bits per heavy atom. The molecule has 1 aromatic rings. The lowest BCUT2D eigenvalue weighted by atomic mass is 10.0. The van der Waals surface area contributed by atoms with E-state index in [9.17, 15) is 4.79 Å². The molecule has 0 amide bonds. The topological polar surface area (TPSA) is 63.7 Å². The Balaban J connectivity index is 2.31. The van der Waals surface area contributed by atoms with E-state index in [4.69, 9.17) is 9.47 Å². The van der Waals surface area contributed by atoms with Crippen molar-refractivity contribution in [2.24, 2.45) is 0 Å². The molecule has 0 aliphatic carbocycles. The lowest BCUT2D eigenvalue weighted by Gasteiger charge is -2.40. The number of aromatic nitrogens is 1. The molecule has 1 aromatic heterocycles. The van der Waals surface area contributed by atoms with Crippen LogP contribution in [0.4, 0.5) is 5.69 Å². The minimum atomic E-state index is -0.439. The Kier molecular flexibility index (Phi) is 4.13. The molecule has 1 fully saturated rings. The van der Waals surface area contributed by atoms with Crippen molar-refractivity contribution in [3.63, 3.8) is 0 Å². The lowest BCUT2D eigenvalue weighted by Crippen LogP contribution is -2.57. The van der Waals surface area contributed by atoms with Crippen LogP contribution in [0.2, 0.25) is 0 Å². The van der Waals surface area contributed by atoms with E-state index in [1.165, 1.54) is 14.2 Å². The molecular weight excluding hydrogens is 258 g/mol. The van der Waals surface area contributed by atoms with Crippen molar-refractivity contribution >= 4 is 11.7 Å². The molecule has 0 aromatic carbocycles. The van der Waals surface area contributed by atoms with Crippen LogP contribution in [0.1, 0.15) is 24.2 Å². The number of pyridine rings is 1. The number of nitrogens with zero attached hydrogens (tertiary/aromatic N) is 2. The summed E-state index contributed by atoms with van der Waals surface area (Å²) in [5, 5.41) is 3.45. The van der Waals surface area contributed by atoms with Crippen LogP contribution in [-0.4, -0.2) is 50.3 Å². The number of esters is 1. The maximum absolute atomic E-state index is 11.8. The average Bonchev–Trinajstić information content (AvgIpc) is 2.44. The van der Waals surface area contributed by atoms with Gasteiger partial charge < -0.3 is 19.7 Å². The average molecular weight is 279 g/mol.